The molecule has 0 saturated heterocycles. The monoisotopic (exact) mass is 213 g/mol. The maximum Gasteiger partial charge on any atom is 0.248 e. The molecule has 0 spiro atoms. The Morgan fingerprint density at radius 3 is 2.56 bits per heavy atom. The van der Waals surface area contributed by atoms with Crippen LogP contribution in [0.2, 0.25) is 0 Å². The van der Waals surface area contributed by atoms with Gasteiger partial charge in [-0.1, -0.05) is 12.1 Å². The van der Waals surface area contributed by atoms with Crippen LogP contribution in [0.1, 0.15) is 15.9 Å². The highest BCUT2D eigenvalue weighted by Gasteiger charge is 2.08. The van der Waals surface area contributed by atoms with Crippen LogP contribution in [0.4, 0.5) is 0 Å². The second kappa shape index (κ2) is 4.10. The number of carbonyl (C=O) groups is 1. The van der Waals surface area contributed by atoms with E-state index in [2.05, 4.69) is 9.97 Å². The molecule has 2 rings (SSSR count). The van der Waals surface area contributed by atoms with E-state index < -0.39 is 5.91 Å². The molecule has 1 aromatic carbocycles. The van der Waals surface area contributed by atoms with Gasteiger partial charge in [-0.2, -0.15) is 0 Å². The normalized spacial score (nSPS) is 10.1. The van der Waals surface area contributed by atoms with E-state index in [1.54, 1.807) is 24.5 Å². The van der Waals surface area contributed by atoms with Crippen molar-refractivity contribution < 1.29 is 4.79 Å². The van der Waals surface area contributed by atoms with E-state index in [9.17, 15) is 4.79 Å². The molecule has 1 aromatic heterocycles. The van der Waals surface area contributed by atoms with Crippen molar-refractivity contribution in [3.63, 3.8) is 0 Å². The van der Waals surface area contributed by atoms with Gasteiger partial charge in [-0.05, 0) is 24.6 Å². The average molecular weight is 213 g/mol. The maximum absolute atomic E-state index is 11.2. The standard InChI is InChI=1S/C12H11N3O/c1-8-3-4-9(7-10(8)11(13)16)12-14-5-2-6-15-12/h2-7H,1H3,(H2,13,16). The first-order valence-electron chi connectivity index (χ1n) is 4.86. The Balaban J connectivity index is 2.52. The smallest absolute Gasteiger partial charge is 0.248 e. The second-order valence-electron chi connectivity index (χ2n) is 3.47. The van der Waals surface area contributed by atoms with Gasteiger partial charge in [0.15, 0.2) is 5.82 Å². The van der Waals surface area contributed by atoms with Gasteiger partial charge in [-0.3, -0.25) is 4.79 Å². The summed E-state index contributed by atoms with van der Waals surface area (Å²) >= 11 is 0. The van der Waals surface area contributed by atoms with Crippen molar-refractivity contribution in [3.8, 4) is 11.4 Å². The highest BCUT2D eigenvalue weighted by molar-refractivity contribution is 5.95. The Labute approximate surface area is 93.2 Å². The molecule has 0 bridgehead atoms. The molecule has 1 heterocycles. The zero-order valence-electron chi connectivity index (χ0n) is 8.84. The quantitative estimate of drug-likeness (QED) is 0.822. The lowest BCUT2D eigenvalue weighted by Crippen LogP contribution is -2.12. The number of hydrogen-bond acceptors (Lipinski definition) is 3. The van der Waals surface area contributed by atoms with Gasteiger partial charge < -0.3 is 5.73 Å². The van der Waals surface area contributed by atoms with Gasteiger partial charge in [0.2, 0.25) is 5.91 Å². The molecule has 0 atom stereocenters. The van der Waals surface area contributed by atoms with E-state index in [1.165, 1.54) is 0 Å². The van der Waals surface area contributed by atoms with Crippen molar-refractivity contribution in [2.24, 2.45) is 5.73 Å². The predicted molar refractivity (Wildman–Crippen MR) is 60.7 cm³/mol. The molecule has 0 aliphatic rings. The van der Waals surface area contributed by atoms with Gasteiger partial charge in [0.25, 0.3) is 0 Å². The minimum Gasteiger partial charge on any atom is -0.366 e. The highest BCUT2D eigenvalue weighted by Crippen LogP contribution is 2.18. The summed E-state index contributed by atoms with van der Waals surface area (Å²) in [6, 6.07) is 7.17. The number of aryl methyl sites for hydroxylation is 1. The first-order chi connectivity index (χ1) is 7.68. The second-order valence-corrected chi connectivity index (χ2v) is 3.47. The molecule has 2 N–H and O–H groups in total. The number of rotatable bonds is 2. The molecule has 0 unspecified atom stereocenters. The predicted octanol–water partition coefficient (Wildman–Crippen LogP) is 1.55. The molecular weight excluding hydrogens is 202 g/mol. The van der Waals surface area contributed by atoms with E-state index in [0.717, 1.165) is 11.1 Å². The summed E-state index contributed by atoms with van der Waals surface area (Å²) in [4.78, 5) is 19.4. The fourth-order valence-corrected chi connectivity index (χ4v) is 1.47. The number of primary amides is 1. The highest BCUT2D eigenvalue weighted by atomic mass is 16.1. The topological polar surface area (TPSA) is 68.9 Å². The van der Waals surface area contributed by atoms with Crippen LogP contribution in [0, 0.1) is 6.92 Å². The number of aromatic nitrogens is 2. The minimum atomic E-state index is -0.435. The van der Waals surface area contributed by atoms with Crippen LogP contribution in [0.3, 0.4) is 0 Å². The van der Waals surface area contributed by atoms with Gasteiger partial charge in [-0.25, -0.2) is 9.97 Å². The summed E-state index contributed by atoms with van der Waals surface area (Å²) in [6.07, 6.45) is 3.32. The van der Waals surface area contributed by atoms with E-state index in [4.69, 9.17) is 5.73 Å². The molecule has 4 nitrogen and oxygen atoms in total. The molecule has 0 aliphatic carbocycles. The molecule has 0 radical (unpaired) electrons. The number of nitrogens with two attached hydrogens (primary N) is 1. The third-order valence-corrected chi connectivity index (χ3v) is 2.33. The van der Waals surface area contributed by atoms with Crippen molar-refractivity contribution in [1.29, 1.82) is 0 Å². The van der Waals surface area contributed by atoms with Gasteiger partial charge in [0, 0.05) is 23.5 Å². The van der Waals surface area contributed by atoms with Crippen LogP contribution in [0.25, 0.3) is 11.4 Å². The van der Waals surface area contributed by atoms with Crippen molar-refractivity contribution in [1.82, 2.24) is 9.97 Å². The van der Waals surface area contributed by atoms with Crippen molar-refractivity contribution in [2.75, 3.05) is 0 Å². The number of nitrogens with zero attached hydrogens (tertiary/aromatic N) is 2. The Morgan fingerprint density at radius 1 is 1.25 bits per heavy atom. The Kier molecular flexibility index (Phi) is 2.64. The third kappa shape index (κ3) is 1.91. The van der Waals surface area contributed by atoms with Crippen molar-refractivity contribution >= 4 is 5.91 Å². The Morgan fingerprint density at radius 2 is 1.94 bits per heavy atom. The van der Waals surface area contributed by atoms with Crippen LogP contribution in [0.5, 0.6) is 0 Å². The SMILES string of the molecule is Cc1ccc(-c2ncccn2)cc1C(N)=O. The largest absolute Gasteiger partial charge is 0.366 e. The van der Waals surface area contributed by atoms with Crippen LogP contribution < -0.4 is 5.73 Å². The van der Waals surface area contributed by atoms with Gasteiger partial charge in [0.1, 0.15) is 0 Å². The van der Waals surface area contributed by atoms with E-state index in [0.29, 0.717) is 11.4 Å². The van der Waals surface area contributed by atoms with E-state index in [1.807, 2.05) is 19.1 Å². The van der Waals surface area contributed by atoms with Crippen molar-refractivity contribution in [2.45, 2.75) is 6.92 Å². The summed E-state index contributed by atoms with van der Waals surface area (Å²) in [7, 11) is 0. The maximum atomic E-state index is 11.2. The molecule has 0 aliphatic heterocycles. The number of hydrogen-bond donors (Lipinski definition) is 1. The zero-order chi connectivity index (χ0) is 11.5. The molecule has 2 aromatic rings. The Hall–Kier alpha value is -2.23. The van der Waals surface area contributed by atoms with Crippen LogP contribution in [-0.4, -0.2) is 15.9 Å². The van der Waals surface area contributed by atoms with Gasteiger partial charge >= 0.3 is 0 Å². The lowest BCUT2D eigenvalue weighted by atomic mass is 10.0. The number of benzene rings is 1. The minimum absolute atomic E-state index is 0.435. The fourth-order valence-electron chi connectivity index (χ4n) is 1.47. The third-order valence-electron chi connectivity index (χ3n) is 2.33. The summed E-state index contributed by atoms with van der Waals surface area (Å²) in [5.74, 6) is 0.153. The van der Waals surface area contributed by atoms with Gasteiger partial charge in [-0.15, -0.1) is 0 Å². The summed E-state index contributed by atoms with van der Waals surface area (Å²) in [6.45, 7) is 1.84. The number of carbonyl (C=O) groups excluding carboxylic acids is 1. The average Bonchev–Trinajstić information content (AvgIpc) is 2.30. The number of amides is 1. The van der Waals surface area contributed by atoms with Crippen LogP contribution >= 0.6 is 0 Å². The lowest BCUT2D eigenvalue weighted by Gasteiger charge is -2.04. The summed E-state index contributed by atoms with van der Waals surface area (Å²) in [5.41, 5.74) is 7.43. The van der Waals surface area contributed by atoms with Crippen LogP contribution in [-0.2, 0) is 0 Å². The summed E-state index contributed by atoms with van der Waals surface area (Å²) < 4.78 is 0. The summed E-state index contributed by atoms with van der Waals surface area (Å²) in [5, 5.41) is 0. The molecule has 16 heavy (non-hydrogen) atoms. The lowest BCUT2D eigenvalue weighted by molar-refractivity contribution is 0.1000. The molecule has 1 amide bonds. The molecule has 0 fully saturated rings. The first kappa shape index (κ1) is 10.3. The van der Waals surface area contributed by atoms with E-state index in [-0.39, 0.29) is 0 Å². The first-order valence-corrected chi connectivity index (χ1v) is 4.86. The van der Waals surface area contributed by atoms with E-state index >= 15 is 0 Å². The molecular formula is C12H11N3O. The molecule has 4 heteroatoms. The molecule has 80 valence electrons. The van der Waals surface area contributed by atoms with Crippen molar-refractivity contribution in [3.05, 3.63) is 47.8 Å². The van der Waals surface area contributed by atoms with Gasteiger partial charge in [0.05, 0.1) is 0 Å². The van der Waals surface area contributed by atoms with Crippen LogP contribution in [0.15, 0.2) is 36.7 Å². The Bertz CT molecular complexity index is 523. The fraction of sp³-hybridized carbons (Fsp3) is 0.0833. The molecule has 0 saturated carbocycles. The zero-order valence-corrected chi connectivity index (χ0v) is 8.84.